The minimum Gasteiger partial charge on any atom is -0.508 e. The average molecular weight is 448 g/mol. The first-order valence-corrected chi connectivity index (χ1v) is 9.83. The summed E-state index contributed by atoms with van der Waals surface area (Å²) in [6.45, 7) is 2.33. The predicted octanol–water partition coefficient (Wildman–Crippen LogP) is 3.52. The van der Waals surface area contributed by atoms with Crippen LogP contribution in [0.3, 0.4) is 0 Å². The summed E-state index contributed by atoms with van der Waals surface area (Å²) in [5.41, 5.74) is -0.523. The van der Waals surface area contributed by atoms with Crippen LogP contribution < -0.4 is 14.2 Å². The second-order valence-electron chi connectivity index (χ2n) is 7.54. The Bertz CT molecular complexity index is 1320. The Balaban J connectivity index is 1.85. The summed E-state index contributed by atoms with van der Waals surface area (Å²) < 4.78 is 22.3. The minimum atomic E-state index is -1.54. The van der Waals surface area contributed by atoms with Gasteiger partial charge in [-0.1, -0.05) is 0 Å². The lowest BCUT2D eigenvalue weighted by molar-refractivity contribution is -0.134. The van der Waals surface area contributed by atoms with Crippen molar-refractivity contribution in [1.29, 1.82) is 0 Å². The highest BCUT2D eigenvalue weighted by molar-refractivity contribution is 6.01. The molecule has 0 aliphatic carbocycles. The molecule has 0 amide bonds. The largest absolute Gasteiger partial charge is 0.508 e. The van der Waals surface area contributed by atoms with Crippen molar-refractivity contribution in [2.75, 3.05) is 0 Å². The predicted molar refractivity (Wildman–Crippen MR) is 111 cm³/mol. The Morgan fingerprint density at radius 2 is 1.36 bits per heavy atom. The zero-order chi connectivity index (χ0) is 23.5. The van der Waals surface area contributed by atoms with E-state index in [2.05, 4.69) is 0 Å². The van der Waals surface area contributed by atoms with E-state index in [0.29, 0.717) is 16.7 Å². The SMILES string of the molecule is CC(=O)Oc1ccc2c(c1OC(C)=O)C(=O)OC21c2ccc(O)cc2Oc2cc(O)ccc21. The molecule has 0 atom stereocenters. The molecule has 0 radical (unpaired) electrons. The summed E-state index contributed by atoms with van der Waals surface area (Å²) in [5, 5.41) is 20.0. The summed E-state index contributed by atoms with van der Waals surface area (Å²) >= 11 is 0. The van der Waals surface area contributed by atoms with Gasteiger partial charge in [0.1, 0.15) is 28.6 Å². The molecule has 0 saturated carbocycles. The number of rotatable bonds is 2. The number of aromatic hydroxyl groups is 2. The molecule has 2 aliphatic rings. The number of benzene rings is 3. The van der Waals surface area contributed by atoms with E-state index in [4.69, 9.17) is 18.9 Å². The Morgan fingerprint density at radius 1 is 0.818 bits per heavy atom. The molecule has 33 heavy (non-hydrogen) atoms. The third-order valence-electron chi connectivity index (χ3n) is 5.36. The lowest BCUT2D eigenvalue weighted by atomic mass is 9.77. The van der Waals surface area contributed by atoms with Crippen LogP contribution >= 0.6 is 0 Å². The van der Waals surface area contributed by atoms with E-state index in [1.54, 1.807) is 12.1 Å². The number of fused-ring (bicyclic) bond motifs is 6. The number of phenolic OH excluding ortho intramolecular Hbond substituents is 2. The molecule has 166 valence electrons. The van der Waals surface area contributed by atoms with Crippen LogP contribution in [0.25, 0.3) is 0 Å². The number of carbonyl (C=O) groups excluding carboxylic acids is 3. The van der Waals surface area contributed by atoms with Gasteiger partial charge in [-0.25, -0.2) is 4.79 Å². The molecule has 0 aromatic heterocycles. The quantitative estimate of drug-likeness (QED) is 0.447. The van der Waals surface area contributed by atoms with Crippen molar-refractivity contribution in [3.8, 4) is 34.5 Å². The van der Waals surface area contributed by atoms with Gasteiger partial charge in [-0.2, -0.15) is 0 Å². The van der Waals surface area contributed by atoms with Crippen molar-refractivity contribution >= 4 is 17.9 Å². The molecule has 3 aromatic carbocycles. The fraction of sp³-hybridized carbons (Fsp3) is 0.125. The van der Waals surface area contributed by atoms with E-state index in [1.807, 2.05) is 0 Å². The molecular formula is C24H16O9. The first kappa shape index (κ1) is 20.4. The van der Waals surface area contributed by atoms with Crippen LogP contribution in [0, 0.1) is 0 Å². The fourth-order valence-corrected chi connectivity index (χ4v) is 4.22. The van der Waals surface area contributed by atoms with Crippen LogP contribution in [0.4, 0.5) is 0 Å². The lowest BCUT2D eigenvalue weighted by Crippen LogP contribution is -2.32. The zero-order valence-electron chi connectivity index (χ0n) is 17.4. The first-order chi connectivity index (χ1) is 15.7. The Morgan fingerprint density at radius 3 is 1.91 bits per heavy atom. The van der Waals surface area contributed by atoms with Gasteiger partial charge >= 0.3 is 17.9 Å². The Kier molecular flexibility index (Phi) is 4.32. The number of ether oxygens (including phenoxy) is 4. The summed E-state index contributed by atoms with van der Waals surface area (Å²) in [6.07, 6.45) is 0. The number of esters is 3. The van der Waals surface area contributed by atoms with E-state index >= 15 is 0 Å². The van der Waals surface area contributed by atoms with Gasteiger partial charge in [0.2, 0.25) is 0 Å². The second kappa shape index (κ2) is 6.99. The van der Waals surface area contributed by atoms with E-state index < -0.39 is 23.5 Å². The number of phenols is 2. The maximum atomic E-state index is 13.2. The monoisotopic (exact) mass is 448 g/mol. The summed E-state index contributed by atoms with van der Waals surface area (Å²) in [5.74, 6) is -2.34. The molecule has 9 nitrogen and oxygen atoms in total. The van der Waals surface area contributed by atoms with Crippen molar-refractivity contribution in [3.05, 3.63) is 70.8 Å². The highest BCUT2D eigenvalue weighted by Gasteiger charge is 2.55. The van der Waals surface area contributed by atoms with Gasteiger partial charge in [-0.05, 0) is 36.4 Å². The van der Waals surface area contributed by atoms with E-state index in [0.717, 1.165) is 6.92 Å². The maximum absolute atomic E-state index is 13.2. The van der Waals surface area contributed by atoms with Crippen LogP contribution in [0.5, 0.6) is 34.5 Å². The van der Waals surface area contributed by atoms with Gasteiger partial charge < -0.3 is 29.2 Å². The molecular weight excluding hydrogens is 432 g/mol. The highest BCUT2D eigenvalue weighted by Crippen LogP contribution is 2.58. The van der Waals surface area contributed by atoms with Gasteiger partial charge in [0.25, 0.3) is 0 Å². The van der Waals surface area contributed by atoms with E-state index in [9.17, 15) is 24.6 Å². The van der Waals surface area contributed by atoms with Crippen LogP contribution in [-0.2, 0) is 19.9 Å². The van der Waals surface area contributed by atoms with Crippen molar-refractivity contribution in [1.82, 2.24) is 0 Å². The number of hydrogen-bond acceptors (Lipinski definition) is 9. The Hall–Kier alpha value is -4.53. The Labute approximate surface area is 186 Å². The van der Waals surface area contributed by atoms with E-state index in [1.165, 1.54) is 43.3 Å². The molecule has 0 fully saturated rings. The van der Waals surface area contributed by atoms with Crippen molar-refractivity contribution in [2.45, 2.75) is 19.4 Å². The fourth-order valence-electron chi connectivity index (χ4n) is 4.22. The summed E-state index contributed by atoms with van der Waals surface area (Å²) in [7, 11) is 0. The van der Waals surface area contributed by atoms with Gasteiger partial charge in [-0.3, -0.25) is 9.59 Å². The topological polar surface area (TPSA) is 129 Å². The van der Waals surface area contributed by atoms with Crippen molar-refractivity contribution in [2.24, 2.45) is 0 Å². The first-order valence-electron chi connectivity index (χ1n) is 9.83. The molecule has 2 aliphatic heterocycles. The van der Waals surface area contributed by atoms with Crippen LogP contribution in [0.15, 0.2) is 48.5 Å². The molecule has 3 aromatic rings. The number of carbonyl (C=O) groups is 3. The molecule has 0 unspecified atom stereocenters. The van der Waals surface area contributed by atoms with Gasteiger partial charge in [0.15, 0.2) is 17.1 Å². The highest BCUT2D eigenvalue weighted by atomic mass is 16.6. The molecule has 0 saturated heterocycles. The minimum absolute atomic E-state index is 0.0807. The molecule has 1 spiro atoms. The lowest BCUT2D eigenvalue weighted by Gasteiger charge is -2.36. The standard InChI is InChI=1S/C24H16O9/c1-11(25)30-18-8-7-17-21(22(18)31-12(2)26)23(29)33-24(17)15-5-3-13(27)9-19(15)32-20-10-14(28)4-6-16(20)24/h3-10,27-28H,1-2H3. The van der Waals surface area contributed by atoms with Gasteiger partial charge in [0.05, 0.1) is 0 Å². The van der Waals surface area contributed by atoms with Gasteiger partial charge in [0, 0.05) is 42.7 Å². The summed E-state index contributed by atoms with van der Waals surface area (Å²) in [4.78, 5) is 36.6. The van der Waals surface area contributed by atoms with Crippen molar-refractivity contribution in [3.63, 3.8) is 0 Å². The van der Waals surface area contributed by atoms with Crippen LogP contribution in [0.2, 0.25) is 0 Å². The van der Waals surface area contributed by atoms with Crippen LogP contribution in [0.1, 0.15) is 40.9 Å². The third kappa shape index (κ3) is 2.97. The number of hydrogen-bond donors (Lipinski definition) is 2. The molecule has 2 heterocycles. The summed E-state index contributed by atoms with van der Waals surface area (Å²) in [6, 6.07) is 11.6. The normalized spacial score (nSPS) is 14.4. The molecule has 9 heteroatoms. The zero-order valence-corrected chi connectivity index (χ0v) is 17.4. The van der Waals surface area contributed by atoms with Gasteiger partial charge in [-0.15, -0.1) is 0 Å². The van der Waals surface area contributed by atoms with E-state index in [-0.39, 0.29) is 40.1 Å². The third-order valence-corrected chi connectivity index (χ3v) is 5.36. The average Bonchev–Trinajstić information content (AvgIpc) is 3.01. The molecule has 0 bridgehead atoms. The second-order valence-corrected chi connectivity index (χ2v) is 7.54. The van der Waals surface area contributed by atoms with Crippen LogP contribution in [-0.4, -0.2) is 28.1 Å². The van der Waals surface area contributed by atoms with Crippen molar-refractivity contribution < 1.29 is 43.5 Å². The smallest absolute Gasteiger partial charge is 0.344 e. The maximum Gasteiger partial charge on any atom is 0.344 e. The molecule has 5 rings (SSSR count). The molecule has 2 N–H and O–H groups in total.